The van der Waals surface area contributed by atoms with Crippen molar-refractivity contribution in [2.45, 2.75) is 6.42 Å². The highest BCUT2D eigenvalue weighted by atomic mass is 32.2. The molecule has 0 saturated heterocycles. The van der Waals surface area contributed by atoms with Crippen molar-refractivity contribution in [3.05, 3.63) is 72.6 Å². The first-order valence-electron chi connectivity index (χ1n) is 10.6. The summed E-state index contributed by atoms with van der Waals surface area (Å²) in [5.41, 5.74) is 2.86. The molecule has 9 nitrogen and oxygen atoms in total. The van der Waals surface area contributed by atoms with Gasteiger partial charge in [-0.05, 0) is 61.5 Å². The second kappa shape index (κ2) is 10.9. The molecule has 0 aliphatic carbocycles. The van der Waals surface area contributed by atoms with Gasteiger partial charge in [0.2, 0.25) is 20.0 Å². The zero-order valence-corrected chi connectivity index (χ0v) is 21.1. The topological polar surface area (TPSA) is 110 Å². The molecular weight excluding hydrogens is 476 g/mol. The summed E-state index contributed by atoms with van der Waals surface area (Å²) < 4.78 is 58.6. The van der Waals surface area contributed by atoms with Crippen LogP contribution in [0.5, 0.6) is 5.75 Å². The average molecular weight is 507 g/mol. The lowest BCUT2D eigenvalue weighted by Gasteiger charge is -2.19. The van der Waals surface area contributed by atoms with Gasteiger partial charge in [0, 0.05) is 31.2 Å². The van der Waals surface area contributed by atoms with Gasteiger partial charge in [0.05, 0.1) is 23.9 Å². The summed E-state index contributed by atoms with van der Waals surface area (Å²) in [6.07, 6.45) is 6.80. The number of hydrogen-bond acceptors (Lipinski definition) is 6. The first-order chi connectivity index (χ1) is 16.0. The molecule has 0 radical (unpaired) electrons. The Morgan fingerprint density at radius 3 is 2.06 bits per heavy atom. The normalized spacial score (nSPS) is 12.0. The SMILES string of the molecule is CN(CCOc1ccc(NS(C)(=O)=O)cc1-n1cccc1)CCc1ccc(NS(C)(=O)=O)cc1. The second-order valence-electron chi connectivity index (χ2n) is 8.12. The lowest BCUT2D eigenvalue weighted by molar-refractivity contribution is 0.238. The molecule has 0 saturated carbocycles. The lowest BCUT2D eigenvalue weighted by atomic mass is 10.1. The molecule has 1 heterocycles. The molecule has 0 amide bonds. The van der Waals surface area contributed by atoms with E-state index >= 15 is 0 Å². The van der Waals surface area contributed by atoms with Gasteiger partial charge in [0.25, 0.3) is 0 Å². The van der Waals surface area contributed by atoms with Crippen molar-refractivity contribution in [3.63, 3.8) is 0 Å². The largest absolute Gasteiger partial charge is 0.490 e. The van der Waals surface area contributed by atoms with Crippen LogP contribution in [0.4, 0.5) is 11.4 Å². The molecule has 0 atom stereocenters. The Labute approximate surface area is 201 Å². The molecular formula is C23H30N4O5S2. The Hall–Kier alpha value is -3.02. The summed E-state index contributed by atoms with van der Waals surface area (Å²) in [6.45, 7) is 1.97. The van der Waals surface area contributed by atoms with Gasteiger partial charge in [-0.3, -0.25) is 9.44 Å². The van der Waals surface area contributed by atoms with E-state index in [-0.39, 0.29) is 0 Å². The van der Waals surface area contributed by atoms with Gasteiger partial charge in [0.1, 0.15) is 12.4 Å². The number of nitrogens with one attached hydrogen (secondary N) is 2. The van der Waals surface area contributed by atoms with Crippen LogP contribution < -0.4 is 14.2 Å². The summed E-state index contributed by atoms with van der Waals surface area (Å²) in [5, 5.41) is 0. The van der Waals surface area contributed by atoms with Crippen molar-refractivity contribution < 1.29 is 21.6 Å². The van der Waals surface area contributed by atoms with Crippen LogP contribution >= 0.6 is 0 Å². The fourth-order valence-corrected chi connectivity index (χ4v) is 4.43. The molecule has 34 heavy (non-hydrogen) atoms. The second-order valence-corrected chi connectivity index (χ2v) is 11.6. The Morgan fingerprint density at radius 2 is 1.44 bits per heavy atom. The van der Waals surface area contributed by atoms with Crippen molar-refractivity contribution in [1.29, 1.82) is 0 Å². The van der Waals surface area contributed by atoms with Crippen molar-refractivity contribution in [2.24, 2.45) is 0 Å². The number of sulfonamides is 2. The van der Waals surface area contributed by atoms with E-state index in [0.29, 0.717) is 30.3 Å². The number of anilines is 2. The highest BCUT2D eigenvalue weighted by molar-refractivity contribution is 7.92. The van der Waals surface area contributed by atoms with E-state index in [1.54, 1.807) is 30.3 Å². The van der Waals surface area contributed by atoms with E-state index in [2.05, 4.69) is 14.3 Å². The zero-order valence-electron chi connectivity index (χ0n) is 19.4. The summed E-state index contributed by atoms with van der Waals surface area (Å²) >= 11 is 0. The zero-order chi connectivity index (χ0) is 24.8. The molecule has 0 bridgehead atoms. The first kappa shape index (κ1) is 25.6. The average Bonchev–Trinajstić information content (AvgIpc) is 3.27. The van der Waals surface area contributed by atoms with Crippen LogP contribution in [0.25, 0.3) is 5.69 Å². The quantitative estimate of drug-likeness (QED) is 0.391. The van der Waals surface area contributed by atoms with E-state index < -0.39 is 20.0 Å². The highest BCUT2D eigenvalue weighted by Crippen LogP contribution is 2.27. The third kappa shape index (κ3) is 8.40. The van der Waals surface area contributed by atoms with E-state index in [0.717, 1.165) is 36.7 Å². The number of benzene rings is 2. The van der Waals surface area contributed by atoms with Gasteiger partial charge in [-0.25, -0.2) is 16.8 Å². The van der Waals surface area contributed by atoms with Gasteiger partial charge >= 0.3 is 0 Å². The van der Waals surface area contributed by atoms with E-state index in [1.807, 2.05) is 48.3 Å². The number of aromatic nitrogens is 1. The maximum Gasteiger partial charge on any atom is 0.229 e. The minimum Gasteiger partial charge on any atom is -0.490 e. The van der Waals surface area contributed by atoms with E-state index in [4.69, 9.17) is 4.74 Å². The Balaban J connectivity index is 1.54. The van der Waals surface area contributed by atoms with Crippen LogP contribution in [0, 0.1) is 0 Å². The molecule has 1 aromatic heterocycles. The van der Waals surface area contributed by atoms with Gasteiger partial charge < -0.3 is 14.2 Å². The minimum atomic E-state index is -3.38. The molecule has 0 spiro atoms. The minimum absolute atomic E-state index is 0.459. The van der Waals surface area contributed by atoms with Crippen LogP contribution in [0.15, 0.2) is 67.0 Å². The molecule has 0 fully saturated rings. The Kier molecular flexibility index (Phi) is 8.24. The van der Waals surface area contributed by atoms with Crippen molar-refractivity contribution in [3.8, 4) is 11.4 Å². The van der Waals surface area contributed by atoms with Gasteiger partial charge in [-0.15, -0.1) is 0 Å². The van der Waals surface area contributed by atoms with E-state index in [9.17, 15) is 16.8 Å². The van der Waals surface area contributed by atoms with E-state index in [1.165, 1.54) is 0 Å². The summed E-state index contributed by atoms with van der Waals surface area (Å²) in [5.74, 6) is 0.651. The van der Waals surface area contributed by atoms with Crippen molar-refractivity contribution in [2.75, 3.05) is 48.7 Å². The first-order valence-corrected chi connectivity index (χ1v) is 14.4. The number of ether oxygens (including phenoxy) is 1. The number of hydrogen-bond donors (Lipinski definition) is 2. The number of rotatable bonds is 12. The molecule has 3 rings (SSSR count). The van der Waals surface area contributed by atoms with Crippen LogP contribution in [-0.4, -0.2) is 65.6 Å². The number of likely N-dealkylation sites (N-methyl/N-ethyl adjacent to an activating group) is 1. The van der Waals surface area contributed by atoms with Crippen molar-refractivity contribution in [1.82, 2.24) is 9.47 Å². The smallest absolute Gasteiger partial charge is 0.229 e. The summed E-state index contributed by atoms with van der Waals surface area (Å²) in [6, 6.07) is 16.3. The monoisotopic (exact) mass is 506 g/mol. The maximum atomic E-state index is 11.6. The Morgan fingerprint density at radius 1 is 0.853 bits per heavy atom. The molecule has 3 aromatic rings. The molecule has 0 aliphatic heterocycles. The van der Waals surface area contributed by atoms with Crippen molar-refractivity contribution >= 4 is 31.4 Å². The van der Waals surface area contributed by atoms with Gasteiger partial charge in [-0.2, -0.15) is 0 Å². The number of nitrogens with zero attached hydrogens (tertiary/aromatic N) is 2. The maximum absolute atomic E-state index is 11.6. The molecule has 2 N–H and O–H groups in total. The standard InChI is InChI=1S/C23H30N4O5S2/c1-26(15-12-19-6-8-20(9-7-19)24-33(2,28)29)16-17-32-23-11-10-21(25-34(3,30)31)18-22(23)27-13-4-5-14-27/h4-11,13-14,18,24-25H,12,15-17H2,1-3H3. The van der Waals surface area contributed by atoms with Gasteiger partial charge in [0.15, 0.2) is 0 Å². The molecule has 0 aliphatic rings. The van der Waals surface area contributed by atoms with Crippen LogP contribution in [0.3, 0.4) is 0 Å². The third-order valence-electron chi connectivity index (χ3n) is 4.91. The fraction of sp³-hybridized carbons (Fsp3) is 0.304. The fourth-order valence-electron chi connectivity index (χ4n) is 3.31. The predicted molar refractivity (Wildman–Crippen MR) is 136 cm³/mol. The molecule has 184 valence electrons. The molecule has 11 heteroatoms. The summed E-state index contributed by atoms with van der Waals surface area (Å²) in [4.78, 5) is 2.15. The Bertz CT molecular complexity index is 1290. The van der Waals surface area contributed by atoms with Crippen LogP contribution in [0.2, 0.25) is 0 Å². The van der Waals surface area contributed by atoms with Gasteiger partial charge in [-0.1, -0.05) is 12.1 Å². The molecule has 2 aromatic carbocycles. The lowest BCUT2D eigenvalue weighted by Crippen LogP contribution is -2.26. The van der Waals surface area contributed by atoms with Crippen LogP contribution in [-0.2, 0) is 26.5 Å². The molecule has 0 unspecified atom stereocenters. The third-order valence-corrected chi connectivity index (χ3v) is 6.13. The highest BCUT2D eigenvalue weighted by Gasteiger charge is 2.10. The predicted octanol–water partition coefficient (Wildman–Crippen LogP) is 2.77. The van der Waals surface area contributed by atoms with Crippen LogP contribution in [0.1, 0.15) is 5.56 Å². The summed E-state index contributed by atoms with van der Waals surface area (Å²) in [7, 11) is -4.65.